The summed E-state index contributed by atoms with van der Waals surface area (Å²) in [6, 6.07) is 11.2. The second-order valence-electron chi connectivity index (χ2n) is 8.30. The minimum Gasteiger partial charge on any atom is -0.449 e. The van der Waals surface area contributed by atoms with Crippen LogP contribution in [0.4, 0.5) is 5.69 Å². The molecule has 0 aliphatic rings. The third-order valence-corrected chi connectivity index (χ3v) is 6.89. The molecule has 0 aliphatic heterocycles. The van der Waals surface area contributed by atoms with Crippen LogP contribution in [0, 0.1) is 0 Å². The number of anilines is 1. The first-order valence-corrected chi connectivity index (χ1v) is 11.4. The molecule has 0 aliphatic carbocycles. The van der Waals surface area contributed by atoms with Crippen molar-refractivity contribution in [2.24, 2.45) is 0 Å². The van der Waals surface area contributed by atoms with E-state index in [0.29, 0.717) is 5.69 Å². The maximum atomic E-state index is 12.5. The highest BCUT2D eigenvalue weighted by Gasteiger charge is 2.25. The zero-order valence-corrected chi connectivity index (χ0v) is 20.0. The molecule has 2 aromatic carbocycles. The van der Waals surface area contributed by atoms with E-state index < -0.39 is 28.0 Å². The Bertz CT molecular complexity index is 1070. The normalized spacial score (nSPS) is 13.0. The largest absolute Gasteiger partial charge is 0.449 e. The Labute approximate surface area is 188 Å². The van der Waals surface area contributed by atoms with Crippen LogP contribution < -0.4 is 5.32 Å². The van der Waals surface area contributed by atoms with E-state index in [0.717, 1.165) is 15.9 Å². The van der Waals surface area contributed by atoms with Gasteiger partial charge in [-0.15, -0.1) is 0 Å². The van der Waals surface area contributed by atoms with Gasteiger partial charge in [-0.25, -0.2) is 17.5 Å². The van der Waals surface area contributed by atoms with Crippen molar-refractivity contribution >= 4 is 39.2 Å². The molecule has 7 nitrogen and oxygen atoms in total. The molecule has 0 spiro atoms. The minimum atomic E-state index is -3.85. The highest BCUT2D eigenvalue weighted by Crippen LogP contribution is 2.26. The Morgan fingerprint density at radius 2 is 1.65 bits per heavy atom. The number of hydrogen-bond acceptors (Lipinski definition) is 5. The number of esters is 1. The van der Waals surface area contributed by atoms with E-state index in [2.05, 4.69) is 26.1 Å². The van der Waals surface area contributed by atoms with Crippen molar-refractivity contribution in [1.82, 2.24) is 4.31 Å². The minimum absolute atomic E-state index is 0.0111. The second-order valence-corrected chi connectivity index (χ2v) is 10.8. The smallest absolute Gasteiger partial charge is 0.338 e. The van der Waals surface area contributed by atoms with Crippen molar-refractivity contribution in [3.05, 3.63) is 58.6 Å². The Balaban J connectivity index is 2.11. The molecule has 31 heavy (non-hydrogen) atoms. The van der Waals surface area contributed by atoms with Crippen molar-refractivity contribution in [3.63, 3.8) is 0 Å². The van der Waals surface area contributed by atoms with Crippen LogP contribution in [0.3, 0.4) is 0 Å². The monoisotopic (exact) mass is 466 g/mol. The van der Waals surface area contributed by atoms with Crippen LogP contribution in [0.15, 0.2) is 47.4 Å². The van der Waals surface area contributed by atoms with Gasteiger partial charge in [0.2, 0.25) is 10.0 Å². The summed E-state index contributed by atoms with van der Waals surface area (Å²) in [5.74, 6) is -1.34. The summed E-state index contributed by atoms with van der Waals surface area (Å²) in [4.78, 5) is 24.7. The van der Waals surface area contributed by atoms with Crippen molar-refractivity contribution in [2.45, 2.75) is 44.1 Å². The van der Waals surface area contributed by atoms with Crippen LogP contribution >= 0.6 is 11.6 Å². The molecule has 0 fully saturated rings. The Hall–Kier alpha value is -2.42. The number of carbonyl (C=O) groups excluding carboxylic acids is 2. The fourth-order valence-electron chi connectivity index (χ4n) is 2.60. The van der Waals surface area contributed by atoms with Crippen LogP contribution in [-0.4, -0.2) is 44.8 Å². The van der Waals surface area contributed by atoms with Crippen LogP contribution in [0.2, 0.25) is 5.02 Å². The number of nitrogens with one attached hydrogen (secondary N) is 1. The summed E-state index contributed by atoms with van der Waals surface area (Å²) in [7, 11) is -1.13. The number of ether oxygens (including phenoxy) is 1. The van der Waals surface area contributed by atoms with Gasteiger partial charge in [0.15, 0.2) is 6.10 Å². The number of halogens is 1. The first-order valence-electron chi connectivity index (χ1n) is 9.58. The molecule has 0 radical (unpaired) electrons. The van der Waals surface area contributed by atoms with E-state index in [9.17, 15) is 18.0 Å². The summed E-state index contributed by atoms with van der Waals surface area (Å²) in [5.41, 5.74) is 1.66. The first kappa shape index (κ1) is 24.8. The van der Waals surface area contributed by atoms with Crippen LogP contribution in [0.5, 0.6) is 0 Å². The molecule has 0 aromatic heterocycles. The van der Waals surface area contributed by atoms with Gasteiger partial charge in [-0.05, 0) is 48.2 Å². The molecule has 0 bridgehead atoms. The molecule has 0 saturated carbocycles. The zero-order chi connectivity index (χ0) is 23.6. The van der Waals surface area contributed by atoms with Gasteiger partial charge in [0, 0.05) is 19.8 Å². The van der Waals surface area contributed by atoms with E-state index in [1.54, 1.807) is 12.1 Å². The van der Waals surface area contributed by atoms with Gasteiger partial charge in [-0.2, -0.15) is 0 Å². The molecule has 0 saturated heterocycles. The van der Waals surface area contributed by atoms with E-state index in [4.69, 9.17) is 16.3 Å². The molecule has 1 atom stereocenters. The van der Waals surface area contributed by atoms with E-state index >= 15 is 0 Å². The van der Waals surface area contributed by atoms with Gasteiger partial charge >= 0.3 is 5.97 Å². The SMILES string of the molecule is CC(OC(=O)c1ccc(Cl)c(S(=O)(=O)N(C)C)c1)C(=O)Nc1ccc(C(C)(C)C)cc1. The lowest BCUT2D eigenvalue weighted by molar-refractivity contribution is -0.123. The van der Waals surface area contributed by atoms with E-state index in [1.807, 2.05) is 12.1 Å². The van der Waals surface area contributed by atoms with Crippen LogP contribution in [-0.2, 0) is 25.0 Å². The summed E-state index contributed by atoms with van der Waals surface area (Å²) in [6.45, 7) is 7.71. The summed E-state index contributed by atoms with van der Waals surface area (Å²) in [6.07, 6.45) is -1.10. The molecule has 1 amide bonds. The highest BCUT2D eigenvalue weighted by molar-refractivity contribution is 7.89. The average Bonchev–Trinajstić information content (AvgIpc) is 2.67. The van der Waals surface area contributed by atoms with Gasteiger partial charge < -0.3 is 10.1 Å². The molecule has 2 rings (SSSR count). The fourth-order valence-corrected chi connectivity index (χ4v) is 4.00. The molecular weight excluding hydrogens is 440 g/mol. The van der Waals surface area contributed by atoms with Crippen LogP contribution in [0.1, 0.15) is 43.6 Å². The predicted molar refractivity (Wildman–Crippen MR) is 121 cm³/mol. The lowest BCUT2D eigenvalue weighted by Gasteiger charge is -2.19. The fraction of sp³-hybridized carbons (Fsp3) is 0.364. The van der Waals surface area contributed by atoms with Crippen molar-refractivity contribution in [1.29, 1.82) is 0 Å². The molecule has 0 heterocycles. The number of rotatable bonds is 6. The summed E-state index contributed by atoms with van der Waals surface area (Å²) in [5, 5.41) is 2.68. The third-order valence-electron chi connectivity index (χ3n) is 4.60. The lowest BCUT2D eigenvalue weighted by atomic mass is 9.87. The number of amides is 1. The van der Waals surface area contributed by atoms with E-state index in [1.165, 1.54) is 33.2 Å². The molecule has 1 N–H and O–H groups in total. The summed E-state index contributed by atoms with van der Waals surface area (Å²) < 4.78 is 30.9. The van der Waals surface area contributed by atoms with Crippen LogP contribution in [0.25, 0.3) is 0 Å². The molecule has 168 valence electrons. The van der Waals surface area contributed by atoms with Crippen molar-refractivity contribution in [3.8, 4) is 0 Å². The second kappa shape index (κ2) is 9.38. The maximum Gasteiger partial charge on any atom is 0.338 e. The Kier molecular flexibility index (Phi) is 7.52. The lowest BCUT2D eigenvalue weighted by Crippen LogP contribution is -2.30. The van der Waals surface area contributed by atoms with Gasteiger partial charge in [0.25, 0.3) is 5.91 Å². The van der Waals surface area contributed by atoms with Gasteiger partial charge in [-0.1, -0.05) is 44.5 Å². The van der Waals surface area contributed by atoms with E-state index in [-0.39, 0.29) is 20.9 Å². The predicted octanol–water partition coefficient (Wildman–Crippen LogP) is 4.07. The zero-order valence-electron chi connectivity index (χ0n) is 18.4. The standard InChI is InChI=1S/C22H27ClN2O5S/c1-14(20(26)24-17-10-8-16(9-11-17)22(2,3)4)30-21(27)15-7-12-18(23)19(13-15)31(28,29)25(5)6/h7-14H,1-6H3,(H,24,26). The number of nitrogens with zero attached hydrogens (tertiary/aromatic N) is 1. The molecule has 9 heteroatoms. The third kappa shape index (κ3) is 6.06. The van der Waals surface area contributed by atoms with Gasteiger partial charge in [-0.3, -0.25) is 4.79 Å². The number of hydrogen-bond donors (Lipinski definition) is 1. The maximum absolute atomic E-state index is 12.5. The van der Waals surface area contributed by atoms with Gasteiger partial charge in [0.05, 0.1) is 10.6 Å². The number of benzene rings is 2. The van der Waals surface area contributed by atoms with Crippen molar-refractivity contribution < 1.29 is 22.7 Å². The number of carbonyl (C=O) groups is 2. The quantitative estimate of drug-likeness (QED) is 0.647. The molecular formula is C22H27ClN2O5S. The van der Waals surface area contributed by atoms with Gasteiger partial charge in [0.1, 0.15) is 4.90 Å². The number of sulfonamides is 1. The molecule has 2 aromatic rings. The summed E-state index contributed by atoms with van der Waals surface area (Å²) >= 11 is 5.99. The first-order chi connectivity index (χ1) is 14.2. The topological polar surface area (TPSA) is 92.8 Å². The molecule has 1 unspecified atom stereocenters. The highest BCUT2D eigenvalue weighted by atomic mass is 35.5. The average molecular weight is 467 g/mol. The Morgan fingerprint density at radius 3 is 2.16 bits per heavy atom. The van der Waals surface area contributed by atoms with Crippen molar-refractivity contribution in [2.75, 3.05) is 19.4 Å². The Morgan fingerprint density at radius 1 is 1.06 bits per heavy atom.